The van der Waals surface area contributed by atoms with Crippen LogP contribution in [-0.2, 0) is 18.9 Å². The van der Waals surface area contributed by atoms with Crippen molar-refractivity contribution in [3.05, 3.63) is 0 Å². The Balaban J connectivity index is 2.12. The highest BCUT2D eigenvalue weighted by atomic mass is 16.8. The molecule has 26 heavy (non-hydrogen) atoms. The fraction of sp³-hybridized carbons (Fsp3) is 1.00. The van der Waals surface area contributed by atoms with Crippen LogP contribution in [0.2, 0.25) is 0 Å². The van der Waals surface area contributed by atoms with Crippen molar-refractivity contribution in [3.63, 3.8) is 0 Å². The molecule has 2 aliphatic heterocycles. The molecular weight excluding hydrogens is 356 g/mol. The van der Waals surface area contributed by atoms with Gasteiger partial charge in [0.15, 0.2) is 12.6 Å². The number of rotatable bonds is 8. The summed E-state index contributed by atoms with van der Waals surface area (Å²) in [6.45, 7) is 0.811. The van der Waals surface area contributed by atoms with Gasteiger partial charge in [-0.1, -0.05) is 6.92 Å². The Hall–Kier alpha value is -0.440. The van der Waals surface area contributed by atoms with Gasteiger partial charge in [-0.05, 0) is 6.42 Å². The van der Waals surface area contributed by atoms with Crippen molar-refractivity contribution in [2.75, 3.05) is 19.8 Å². The number of ether oxygens (including phenoxy) is 4. The van der Waals surface area contributed by atoms with Crippen molar-refractivity contribution in [2.45, 2.75) is 74.8 Å². The lowest BCUT2D eigenvalue weighted by Gasteiger charge is -2.41. The fourth-order valence-electron chi connectivity index (χ4n) is 2.94. The molecule has 2 heterocycles. The molecule has 0 aliphatic carbocycles. The molecule has 0 aromatic heterocycles. The smallest absolute Gasteiger partial charge is 0.187 e. The predicted molar refractivity (Wildman–Crippen MR) is 82.6 cm³/mol. The zero-order valence-corrected chi connectivity index (χ0v) is 14.4. The van der Waals surface area contributed by atoms with E-state index >= 15 is 0 Å². The van der Waals surface area contributed by atoms with Gasteiger partial charge in [0.25, 0.3) is 0 Å². The van der Waals surface area contributed by atoms with E-state index in [-0.39, 0.29) is 6.61 Å². The van der Waals surface area contributed by atoms with Gasteiger partial charge in [0.05, 0.1) is 13.2 Å². The summed E-state index contributed by atoms with van der Waals surface area (Å²) in [6, 6.07) is 0. The third-order valence-corrected chi connectivity index (χ3v) is 4.42. The predicted octanol–water partition coefficient (Wildman–Crippen LogP) is -3.96. The maximum Gasteiger partial charge on any atom is 0.187 e. The van der Waals surface area contributed by atoms with Crippen LogP contribution >= 0.6 is 0 Å². The van der Waals surface area contributed by atoms with Crippen LogP contribution in [0.15, 0.2) is 0 Å². The first-order chi connectivity index (χ1) is 12.3. The van der Waals surface area contributed by atoms with Gasteiger partial charge in [-0.25, -0.2) is 0 Å². The lowest BCUT2D eigenvalue weighted by Crippen LogP contribution is -2.60. The van der Waals surface area contributed by atoms with Crippen LogP contribution in [0.1, 0.15) is 13.3 Å². The molecule has 0 amide bonds. The Bertz CT molecular complexity index is 422. The van der Waals surface area contributed by atoms with E-state index in [9.17, 15) is 35.7 Å². The standard InChI is InChI=1S/C15H28O11/c1-2-3-23-14-11(22)13(12(25-14)6(18)4-16)26-15-10(21)9(20)8(19)7(5-17)24-15/h6-22H,2-5H2,1H3/t6-,7-,8+,9+,10-,11-,12+,13-,14-,15-/m1/s1. The van der Waals surface area contributed by atoms with E-state index in [0.717, 1.165) is 0 Å². The van der Waals surface area contributed by atoms with Crippen LogP contribution in [0.25, 0.3) is 0 Å². The summed E-state index contributed by atoms with van der Waals surface area (Å²) in [5.41, 5.74) is 0. The number of aliphatic hydroxyl groups is 7. The molecule has 0 aromatic carbocycles. The molecule has 0 radical (unpaired) electrons. The Morgan fingerprint density at radius 2 is 1.62 bits per heavy atom. The van der Waals surface area contributed by atoms with E-state index in [0.29, 0.717) is 6.42 Å². The fourth-order valence-corrected chi connectivity index (χ4v) is 2.94. The van der Waals surface area contributed by atoms with E-state index in [2.05, 4.69) is 0 Å². The van der Waals surface area contributed by atoms with Gasteiger partial charge in [0.2, 0.25) is 0 Å². The highest BCUT2D eigenvalue weighted by Crippen LogP contribution is 2.31. The summed E-state index contributed by atoms with van der Waals surface area (Å²) < 4.78 is 21.5. The minimum atomic E-state index is -1.68. The molecular formula is C15H28O11. The second-order valence-electron chi connectivity index (χ2n) is 6.38. The topological polar surface area (TPSA) is 179 Å². The van der Waals surface area contributed by atoms with Gasteiger partial charge >= 0.3 is 0 Å². The third-order valence-electron chi connectivity index (χ3n) is 4.42. The van der Waals surface area contributed by atoms with Crippen LogP contribution in [0.4, 0.5) is 0 Å². The van der Waals surface area contributed by atoms with Gasteiger partial charge < -0.3 is 54.7 Å². The van der Waals surface area contributed by atoms with Crippen LogP contribution in [0.5, 0.6) is 0 Å². The average Bonchev–Trinajstić information content (AvgIpc) is 2.95. The van der Waals surface area contributed by atoms with E-state index < -0.39 is 74.6 Å². The SMILES string of the molecule is CCCO[C@@H]1O[C@@H]([C@H](O)CO)[C@H](O[C@H]2O[C@H](CO)[C@H](O)[C@H](O)[C@H]2O)[C@H]1O. The Morgan fingerprint density at radius 3 is 2.19 bits per heavy atom. The first-order valence-corrected chi connectivity index (χ1v) is 8.55. The zero-order chi connectivity index (χ0) is 19.4. The van der Waals surface area contributed by atoms with E-state index in [4.69, 9.17) is 18.9 Å². The van der Waals surface area contributed by atoms with Crippen LogP contribution in [0.3, 0.4) is 0 Å². The maximum absolute atomic E-state index is 10.4. The molecule has 7 N–H and O–H groups in total. The minimum Gasteiger partial charge on any atom is -0.394 e. The number of hydrogen-bond donors (Lipinski definition) is 7. The first kappa shape index (κ1) is 21.9. The molecule has 11 heteroatoms. The van der Waals surface area contributed by atoms with Gasteiger partial charge in [-0.15, -0.1) is 0 Å². The molecule has 154 valence electrons. The minimum absolute atomic E-state index is 0.274. The van der Waals surface area contributed by atoms with Gasteiger partial charge in [0, 0.05) is 6.61 Å². The first-order valence-electron chi connectivity index (χ1n) is 8.55. The quantitative estimate of drug-likeness (QED) is 0.217. The zero-order valence-electron chi connectivity index (χ0n) is 14.4. The molecule has 0 saturated carbocycles. The molecule has 0 bridgehead atoms. The maximum atomic E-state index is 10.4. The summed E-state index contributed by atoms with van der Waals surface area (Å²) in [5.74, 6) is 0. The summed E-state index contributed by atoms with van der Waals surface area (Å²) >= 11 is 0. The van der Waals surface area contributed by atoms with E-state index in [1.807, 2.05) is 6.92 Å². The molecule has 11 nitrogen and oxygen atoms in total. The molecule has 2 aliphatic rings. The molecule has 2 fully saturated rings. The van der Waals surface area contributed by atoms with Crippen molar-refractivity contribution in [1.29, 1.82) is 0 Å². The van der Waals surface area contributed by atoms with Crippen LogP contribution in [-0.4, -0.2) is 117 Å². The van der Waals surface area contributed by atoms with Crippen molar-refractivity contribution in [2.24, 2.45) is 0 Å². The summed E-state index contributed by atoms with van der Waals surface area (Å²) in [6.07, 6.45) is -13.3. The molecule has 0 spiro atoms. The van der Waals surface area contributed by atoms with Crippen molar-refractivity contribution >= 4 is 0 Å². The van der Waals surface area contributed by atoms with Gasteiger partial charge in [-0.2, -0.15) is 0 Å². The van der Waals surface area contributed by atoms with Crippen molar-refractivity contribution < 1.29 is 54.7 Å². The van der Waals surface area contributed by atoms with E-state index in [1.54, 1.807) is 0 Å². The van der Waals surface area contributed by atoms with Crippen LogP contribution < -0.4 is 0 Å². The normalized spacial score (nSPS) is 45.0. The highest BCUT2D eigenvalue weighted by Gasteiger charge is 2.52. The molecule has 2 saturated heterocycles. The Labute approximate surface area is 150 Å². The second-order valence-corrected chi connectivity index (χ2v) is 6.38. The summed E-state index contributed by atoms with van der Waals surface area (Å²) in [7, 11) is 0. The Kier molecular flexibility index (Phi) is 8.12. The van der Waals surface area contributed by atoms with E-state index in [1.165, 1.54) is 0 Å². The van der Waals surface area contributed by atoms with Gasteiger partial charge in [-0.3, -0.25) is 0 Å². The molecule has 2 rings (SSSR count). The van der Waals surface area contributed by atoms with Crippen molar-refractivity contribution in [3.8, 4) is 0 Å². The summed E-state index contributed by atoms with van der Waals surface area (Å²) in [4.78, 5) is 0. The lowest BCUT2D eigenvalue weighted by atomic mass is 9.99. The Morgan fingerprint density at radius 1 is 0.923 bits per heavy atom. The van der Waals surface area contributed by atoms with Crippen molar-refractivity contribution in [1.82, 2.24) is 0 Å². The largest absolute Gasteiger partial charge is 0.394 e. The second kappa shape index (κ2) is 9.66. The highest BCUT2D eigenvalue weighted by molar-refractivity contribution is 4.95. The summed E-state index contributed by atoms with van der Waals surface area (Å²) in [5, 5.41) is 68.4. The monoisotopic (exact) mass is 384 g/mol. The van der Waals surface area contributed by atoms with Crippen LogP contribution in [0, 0.1) is 0 Å². The number of hydrogen-bond acceptors (Lipinski definition) is 11. The molecule has 0 unspecified atom stereocenters. The molecule has 10 atom stereocenters. The average molecular weight is 384 g/mol. The molecule has 0 aromatic rings. The number of aliphatic hydroxyl groups excluding tert-OH is 7. The van der Waals surface area contributed by atoms with Gasteiger partial charge in [0.1, 0.15) is 48.8 Å². The third kappa shape index (κ3) is 4.51. The lowest BCUT2D eigenvalue weighted by molar-refractivity contribution is -0.319.